The van der Waals surface area contributed by atoms with Gasteiger partial charge >= 0.3 is 5.97 Å². The first-order valence-electron chi connectivity index (χ1n) is 4.42. The fraction of sp³-hybridized carbons (Fsp3) is 0.500. The Morgan fingerprint density at radius 2 is 2.50 bits per heavy atom. The summed E-state index contributed by atoms with van der Waals surface area (Å²) in [5.74, 6) is 2.28. The molecular formula is C10H14O3S. The van der Waals surface area contributed by atoms with E-state index < -0.39 is 0 Å². The largest absolute Gasteiger partial charge is 0.469 e. The van der Waals surface area contributed by atoms with Crippen LogP contribution in [-0.4, -0.2) is 18.8 Å². The fourth-order valence-corrected chi connectivity index (χ4v) is 1.97. The van der Waals surface area contributed by atoms with Gasteiger partial charge in [-0.2, -0.15) is 11.8 Å². The van der Waals surface area contributed by atoms with Gasteiger partial charge in [0, 0.05) is 5.75 Å². The van der Waals surface area contributed by atoms with Crippen molar-refractivity contribution in [2.45, 2.75) is 12.7 Å². The molecular weight excluding hydrogens is 200 g/mol. The zero-order valence-electron chi connectivity index (χ0n) is 8.36. The minimum absolute atomic E-state index is 0.0556. The monoisotopic (exact) mass is 214 g/mol. The van der Waals surface area contributed by atoms with Crippen molar-refractivity contribution < 1.29 is 13.9 Å². The highest BCUT2D eigenvalue weighted by molar-refractivity contribution is 7.98. The highest BCUT2D eigenvalue weighted by atomic mass is 32.2. The lowest BCUT2D eigenvalue weighted by molar-refractivity contribution is -0.143. The molecule has 14 heavy (non-hydrogen) atoms. The molecule has 0 fully saturated rings. The molecule has 78 valence electrons. The number of carbonyl (C=O) groups is 1. The van der Waals surface area contributed by atoms with Crippen molar-refractivity contribution in [3.63, 3.8) is 0 Å². The number of methoxy groups -OCH3 is 1. The van der Waals surface area contributed by atoms with E-state index >= 15 is 0 Å². The topological polar surface area (TPSA) is 39.4 Å². The molecule has 0 aliphatic carbocycles. The normalized spacial score (nSPS) is 12.4. The molecule has 1 aromatic heterocycles. The number of esters is 1. The molecule has 0 N–H and O–H groups in total. The number of rotatable bonds is 5. The molecule has 1 rings (SSSR count). The van der Waals surface area contributed by atoms with Gasteiger partial charge in [0.05, 0.1) is 25.0 Å². The van der Waals surface area contributed by atoms with E-state index in [1.165, 1.54) is 7.11 Å². The predicted octanol–water partition coefficient (Wildman–Crippen LogP) is 2.32. The second-order valence-corrected chi connectivity index (χ2v) is 4.05. The van der Waals surface area contributed by atoms with Crippen molar-refractivity contribution in [3.05, 3.63) is 24.2 Å². The number of thioether (sulfide) groups is 1. The third kappa shape index (κ3) is 3.46. The molecule has 0 saturated heterocycles. The second-order valence-electron chi connectivity index (χ2n) is 3.02. The van der Waals surface area contributed by atoms with E-state index in [-0.39, 0.29) is 11.9 Å². The summed E-state index contributed by atoms with van der Waals surface area (Å²) in [5, 5.41) is 0. The lowest BCUT2D eigenvalue weighted by atomic mass is 10.2. The predicted molar refractivity (Wildman–Crippen MR) is 56.1 cm³/mol. The molecule has 3 nitrogen and oxygen atoms in total. The molecule has 1 aromatic rings. The molecule has 0 aromatic carbocycles. The molecule has 0 amide bonds. The highest BCUT2D eigenvalue weighted by Gasteiger charge is 2.12. The summed E-state index contributed by atoms with van der Waals surface area (Å²) >= 11 is 1.67. The first kappa shape index (κ1) is 11.2. The van der Waals surface area contributed by atoms with Gasteiger partial charge in [-0.15, -0.1) is 0 Å². The number of hydrogen-bond acceptors (Lipinski definition) is 4. The summed E-state index contributed by atoms with van der Waals surface area (Å²) in [6.07, 6.45) is 1.65. The summed E-state index contributed by atoms with van der Waals surface area (Å²) < 4.78 is 9.79. The lowest BCUT2D eigenvalue weighted by Crippen LogP contribution is -2.14. The van der Waals surface area contributed by atoms with Crippen molar-refractivity contribution >= 4 is 17.7 Å². The van der Waals surface area contributed by atoms with Crippen LogP contribution in [0.4, 0.5) is 0 Å². The van der Waals surface area contributed by atoms with E-state index in [1.54, 1.807) is 18.0 Å². The van der Waals surface area contributed by atoms with Gasteiger partial charge in [0.2, 0.25) is 0 Å². The van der Waals surface area contributed by atoms with Crippen LogP contribution < -0.4 is 0 Å². The van der Waals surface area contributed by atoms with Gasteiger partial charge in [-0.05, 0) is 12.1 Å². The molecule has 0 radical (unpaired) electrons. The van der Waals surface area contributed by atoms with Crippen LogP contribution in [-0.2, 0) is 15.3 Å². The molecule has 1 atom stereocenters. The Morgan fingerprint density at radius 3 is 3.07 bits per heavy atom. The molecule has 1 unspecified atom stereocenters. The van der Waals surface area contributed by atoms with Crippen LogP contribution in [0.3, 0.4) is 0 Å². The van der Waals surface area contributed by atoms with Gasteiger partial charge in [-0.3, -0.25) is 4.79 Å². The van der Waals surface area contributed by atoms with Crippen LogP contribution in [0.2, 0.25) is 0 Å². The summed E-state index contributed by atoms with van der Waals surface area (Å²) in [5.41, 5.74) is 0. The van der Waals surface area contributed by atoms with Crippen molar-refractivity contribution in [2.24, 2.45) is 5.92 Å². The van der Waals surface area contributed by atoms with Crippen molar-refractivity contribution in [3.8, 4) is 0 Å². The fourth-order valence-electron chi connectivity index (χ4n) is 1.00. The van der Waals surface area contributed by atoms with E-state index in [0.29, 0.717) is 0 Å². The van der Waals surface area contributed by atoms with Crippen LogP contribution in [0.25, 0.3) is 0 Å². The molecule has 0 saturated carbocycles. The van der Waals surface area contributed by atoms with E-state index in [0.717, 1.165) is 17.3 Å². The Kier molecular flexibility index (Phi) is 4.59. The summed E-state index contributed by atoms with van der Waals surface area (Å²) in [7, 11) is 1.41. The number of carbonyl (C=O) groups excluding carboxylic acids is 1. The first-order chi connectivity index (χ1) is 6.74. The zero-order chi connectivity index (χ0) is 10.4. The maximum atomic E-state index is 11.0. The SMILES string of the molecule is COC(=O)C(C)CSCc1ccco1. The summed E-state index contributed by atoms with van der Waals surface area (Å²) in [6, 6.07) is 3.79. The molecule has 1 heterocycles. The third-order valence-electron chi connectivity index (χ3n) is 1.80. The molecule has 0 aliphatic heterocycles. The van der Waals surface area contributed by atoms with Gasteiger partial charge < -0.3 is 9.15 Å². The minimum Gasteiger partial charge on any atom is -0.469 e. The standard InChI is InChI=1S/C10H14O3S/c1-8(10(11)12-2)6-14-7-9-4-3-5-13-9/h3-5,8H,6-7H2,1-2H3. The van der Waals surface area contributed by atoms with Gasteiger partial charge in [-0.1, -0.05) is 6.92 Å². The van der Waals surface area contributed by atoms with Crippen molar-refractivity contribution in [1.29, 1.82) is 0 Å². The van der Waals surface area contributed by atoms with Crippen molar-refractivity contribution in [1.82, 2.24) is 0 Å². The Labute approximate surface area is 87.8 Å². The maximum Gasteiger partial charge on any atom is 0.309 e. The Balaban J connectivity index is 2.18. The quantitative estimate of drug-likeness (QED) is 0.705. The van der Waals surface area contributed by atoms with Gasteiger partial charge in [-0.25, -0.2) is 0 Å². The average molecular weight is 214 g/mol. The van der Waals surface area contributed by atoms with Gasteiger partial charge in [0.25, 0.3) is 0 Å². The maximum absolute atomic E-state index is 11.0. The minimum atomic E-state index is -0.156. The zero-order valence-corrected chi connectivity index (χ0v) is 9.17. The Hall–Kier alpha value is -0.900. The molecule has 0 spiro atoms. The smallest absolute Gasteiger partial charge is 0.309 e. The average Bonchev–Trinajstić information content (AvgIpc) is 2.69. The van der Waals surface area contributed by atoms with E-state index in [1.807, 2.05) is 19.1 Å². The van der Waals surface area contributed by atoms with Crippen LogP contribution in [0, 0.1) is 5.92 Å². The van der Waals surface area contributed by atoms with Crippen LogP contribution >= 0.6 is 11.8 Å². The molecule has 0 bridgehead atoms. The summed E-state index contributed by atoms with van der Waals surface area (Å²) in [4.78, 5) is 11.0. The van der Waals surface area contributed by atoms with Crippen LogP contribution in [0.15, 0.2) is 22.8 Å². The van der Waals surface area contributed by atoms with Gasteiger partial charge in [0.1, 0.15) is 5.76 Å². The van der Waals surface area contributed by atoms with Crippen LogP contribution in [0.1, 0.15) is 12.7 Å². The van der Waals surface area contributed by atoms with E-state index in [2.05, 4.69) is 4.74 Å². The lowest BCUT2D eigenvalue weighted by Gasteiger charge is -2.07. The number of furan rings is 1. The van der Waals surface area contributed by atoms with E-state index in [4.69, 9.17) is 4.42 Å². The van der Waals surface area contributed by atoms with Crippen LogP contribution in [0.5, 0.6) is 0 Å². The van der Waals surface area contributed by atoms with Crippen molar-refractivity contribution in [2.75, 3.05) is 12.9 Å². The van der Waals surface area contributed by atoms with E-state index in [9.17, 15) is 4.79 Å². The number of hydrogen-bond donors (Lipinski definition) is 0. The second kappa shape index (κ2) is 5.75. The number of ether oxygens (including phenoxy) is 1. The summed E-state index contributed by atoms with van der Waals surface area (Å²) in [6.45, 7) is 1.86. The first-order valence-corrected chi connectivity index (χ1v) is 5.57. The Bertz CT molecular complexity index is 269. The molecule has 0 aliphatic rings. The van der Waals surface area contributed by atoms with Gasteiger partial charge in [0.15, 0.2) is 0 Å². The Morgan fingerprint density at radius 1 is 1.71 bits per heavy atom. The highest BCUT2D eigenvalue weighted by Crippen LogP contribution is 2.16. The third-order valence-corrected chi connectivity index (χ3v) is 3.02. The molecule has 4 heteroatoms.